The largest absolute Gasteiger partial charge is 0.327 e. The fourth-order valence-corrected chi connectivity index (χ4v) is 5.30. The molecule has 7 heteroatoms. The third-order valence-corrected chi connectivity index (χ3v) is 6.74. The summed E-state index contributed by atoms with van der Waals surface area (Å²) in [4.78, 5) is 12.7. The van der Waals surface area contributed by atoms with Gasteiger partial charge in [0.05, 0.1) is 5.02 Å². The van der Waals surface area contributed by atoms with Gasteiger partial charge < -0.3 is 11.1 Å². The highest BCUT2D eigenvalue weighted by Crippen LogP contribution is 2.42. The van der Waals surface area contributed by atoms with E-state index in [1.165, 1.54) is 17.8 Å². The van der Waals surface area contributed by atoms with E-state index in [1.807, 2.05) is 24.3 Å². The number of halogens is 1. The maximum Gasteiger partial charge on any atom is 0.229 e. The van der Waals surface area contributed by atoms with Gasteiger partial charge in [-0.05, 0) is 43.6 Å². The summed E-state index contributed by atoms with van der Waals surface area (Å²) in [7, 11) is 0. The minimum Gasteiger partial charge on any atom is -0.327 e. The molecule has 0 radical (unpaired) electrons. The molecule has 2 saturated carbocycles. The van der Waals surface area contributed by atoms with E-state index >= 15 is 0 Å². The molecular formula is C18H21ClN4OS. The summed E-state index contributed by atoms with van der Waals surface area (Å²) < 4.78 is 0. The van der Waals surface area contributed by atoms with Crippen LogP contribution in [-0.2, 0) is 4.79 Å². The van der Waals surface area contributed by atoms with E-state index in [-0.39, 0.29) is 17.9 Å². The number of carbonyl (C=O) groups excluding carboxylic acids is 1. The normalized spacial score (nSPS) is 28.6. The maximum atomic E-state index is 12.7. The van der Waals surface area contributed by atoms with E-state index in [4.69, 9.17) is 17.3 Å². The van der Waals surface area contributed by atoms with Crippen LogP contribution in [0.4, 0.5) is 5.13 Å². The van der Waals surface area contributed by atoms with Crippen LogP contribution in [-0.4, -0.2) is 22.1 Å². The van der Waals surface area contributed by atoms with Gasteiger partial charge in [-0.3, -0.25) is 4.79 Å². The first-order chi connectivity index (χ1) is 12.1. The topological polar surface area (TPSA) is 80.9 Å². The molecule has 132 valence electrons. The molecule has 1 aromatic heterocycles. The van der Waals surface area contributed by atoms with Gasteiger partial charge in [-0.1, -0.05) is 47.6 Å². The Morgan fingerprint density at radius 2 is 1.92 bits per heavy atom. The Hall–Kier alpha value is -1.50. The molecule has 4 rings (SSSR count). The van der Waals surface area contributed by atoms with Crippen LogP contribution in [0.3, 0.4) is 0 Å². The predicted molar refractivity (Wildman–Crippen MR) is 101 cm³/mol. The third kappa shape index (κ3) is 3.43. The van der Waals surface area contributed by atoms with E-state index < -0.39 is 0 Å². The van der Waals surface area contributed by atoms with Crippen LogP contribution in [0.1, 0.15) is 32.1 Å². The second kappa shape index (κ2) is 7.02. The van der Waals surface area contributed by atoms with Crippen molar-refractivity contribution < 1.29 is 4.79 Å². The van der Waals surface area contributed by atoms with Crippen LogP contribution in [0.15, 0.2) is 24.3 Å². The number of amides is 1. The van der Waals surface area contributed by atoms with Gasteiger partial charge in [0, 0.05) is 17.5 Å². The second-order valence-corrected chi connectivity index (χ2v) is 8.46. The molecule has 0 saturated heterocycles. The highest BCUT2D eigenvalue weighted by Gasteiger charge is 2.40. The zero-order chi connectivity index (χ0) is 17.4. The van der Waals surface area contributed by atoms with Crippen LogP contribution in [0.2, 0.25) is 5.02 Å². The number of fused-ring (bicyclic) bond motifs is 2. The summed E-state index contributed by atoms with van der Waals surface area (Å²) in [6.07, 6.45) is 5.32. The molecule has 1 amide bonds. The fraction of sp³-hybridized carbons (Fsp3) is 0.500. The minimum absolute atomic E-state index is 0.0303. The molecule has 0 spiro atoms. The van der Waals surface area contributed by atoms with E-state index in [2.05, 4.69) is 15.5 Å². The van der Waals surface area contributed by atoms with Gasteiger partial charge in [-0.25, -0.2) is 0 Å². The van der Waals surface area contributed by atoms with Gasteiger partial charge in [0.15, 0.2) is 5.01 Å². The molecule has 2 unspecified atom stereocenters. The van der Waals surface area contributed by atoms with Crippen molar-refractivity contribution in [3.8, 4) is 10.6 Å². The monoisotopic (exact) mass is 376 g/mol. The number of nitrogens with zero attached hydrogens (tertiary/aromatic N) is 2. The lowest BCUT2D eigenvalue weighted by Gasteiger charge is -2.43. The standard InChI is InChI=1S/C18H21ClN4OS/c19-14-7-2-1-6-13(14)17-22-23-18(25-17)21-16(24)12-8-10-4-3-5-11(9-12)15(10)20/h1-2,6-7,10-12,15H,3-5,8-9,20H2,(H,21,23,24). The number of hydrogen-bond acceptors (Lipinski definition) is 5. The summed E-state index contributed by atoms with van der Waals surface area (Å²) in [6.45, 7) is 0. The Morgan fingerprint density at radius 3 is 2.64 bits per heavy atom. The lowest BCUT2D eigenvalue weighted by molar-refractivity contribution is -0.122. The third-order valence-electron chi connectivity index (χ3n) is 5.54. The highest BCUT2D eigenvalue weighted by molar-refractivity contribution is 7.18. The van der Waals surface area contributed by atoms with Crippen molar-refractivity contribution in [2.75, 3.05) is 5.32 Å². The van der Waals surface area contributed by atoms with E-state index in [0.29, 0.717) is 27.0 Å². The molecule has 1 heterocycles. The van der Waals surface area contributed by atoms with Crippen molar-refractivity contribution in [1.82, 2.24) is 10.2 Å². The number of rotatable bonds is 3. The lowest BCUT2D eigenvalue weighted by atomic mass is 9.65. The number of aromatic nitrogens is 2. The molecule has 1 aromatic carbocycles. The first-order valence-corrected chi connectivity index (χ1v) is 9.96. The zero-order valence-electron chi connectivity index (χ0n) is 13.8. The smallest absolute Gasteiger partial charge is 0.229 e. The molecule has 25 heavy (non-hydrogen) atoms. The van der Waals surface area contributed by atoms with Crippen LogP contribution in [0.25, 0.3) is 10.6 Å². The summed E-state index contributed by atoms with van der Waals surface area (Å²) in [5.41, 5.74) is 7.15. The van der Waals surface area contributed by atoms with Gasteiger partial charge in [0.25, 0.3) is 0 Å². The molecule has 0 aliphatic heterocycles. The van der Waals surface area contributed by atoms with Crippen molar-refractivity contribution in [3.05, 3.63) is 29.3 Å². The summed E-state index contributed by atoms with van der Waals surface area (Å²) in [6, 6.07) is 7.77. The Balaban J connectivity index is 1.44. The number of benzene rings is 1. The molecule has 5 nitrogen and oxygen atoms in total. The maximum absolute atomic E-state index is 12.7. The highest BCUT2D eigenvalue weighted by atomic mass is 35.5. The first-order valence-electron chi connectivity index (χ1n) is 8.76. The Morgan fingerprint density at radius 1 is 1.20 bits per heavy atom. The van der Waals surface area contributed by atoms with E-state index in [0.717, 1.165) is 31.2 Å². The average Bonchev–Trinajstić information content (AvgIpc) is 3.03. The summed E-state index contributed by atoms with van der Waals surface area (Å²) in [5.74, 6) is 1.04. The molecule has 2 bridgehead atoms. The van der Waals surface area contributed by atoms with E-state index in [9.17, 15) is 4.79 Å². The SMILES string of the molecule is NC1C2CCCC1CC(C(=O)Nc1nnc(-c3ccccc3Cl)s1)C2. The average molecular weight is 377 g/mol. The number of carbonyl (C=O) groups is 1. The Kier molecular flexibility index (Phi) is 4.75. The summed E-state index contributed by atoms with van der Waals surface area (Å²) in [5, 5.41) is 13.1. The van der Waals surface area contributed by atoms with Crippen LogP contribution < -0.4 is 11.1 Å². The fourth-order valence-electron chi connectivity index (χ4n) is 4.23. The Labute approximate surface area is 156 Å². The zero-order valence-corrected chi connectivity index (χ0v) is 15.4. The molecule has 3 N–H and O–H groups in total. The van der Waals surface area contributed by atoms with Gasteiger partial charge in [-0.2, -0.15) is 0 Å². The van der Waals surface area contributed by atoms with Crippen LogP contribution in [0.5, 0.6) is 0 Å². The van der Waals surface area contributed by atoms with Gasteiger partial charge >= 0.3 is 0 Å². The second-order valence-electron chi connectivity index (χ2n) is 7.08. The predicted octanol–water partition coefficient (Wildman–Crippen LogP) is 3.95. The number of anilines is 1. The van der Waals surface area contributed by atoms with Gasteiger partial charge in [-0.15, -0.1) is 10.2 Å². The van der Waals surface area contributed by atoms with Crippen LogP contribution >= 0.6 is 22.9 Å². The molecule has 2 atom stereocenters. The van der Waals surface area contributed by atoms with Crippen molar-refractivity contribution in [3.63, 3.8) is 0 Å². The molecule has 2 aliphatic rings. The molecular weight excluding hydrogens is 356 g/mol. The molecule has 2 aromatic rings. The van der Waals surface area contributed by atoms with Crippen molar-refractivity contribution >= 4 is 34.0 Å². The van der Waals surface area contributed by atoms with E-state index in [1.54, 1.807) is 0 Å². The van der Waals surface area contributed by atoms with Crippen molar-refractivity contribution in [1.29, 1.82) is 0 Å². The first kappa shape index (κ1) is 16.9. The summed E-state index contributed by atoms with van der Waals surface area (Å²) >= 11 is 7.55. The quantitative estimate of drug-likeness (QED) is 0.849. The molecule has 2 fully saturated rings. The number of hydrogen-bond donors (Lipinski definition) is 2. The Bertz CT molecular complexity index is 766. The number of nitrogens with one attached hydrogen (secondary N) is 1. The van der Waals surface area contributed by atoms with Crippen molar-refractivity contribution in [2.24, 2.45) is 23.5 Å². The molecule has 2 aliphatic carbocycles. The lowest BCUT2D eigenvalue weighted by Crippen LogP contribution is -2.48. The minimum atomic E-state index is 0.0303. The van der Waals surface area contributed by atoms with Crippen LogP contribution in [0, 0.1) is 17.8 Å². The van der Waals surface area contributed by atoms with Gasteiger partial charge in [0.1, 0.15) is 0 Å². The van der Waals surface area contributed by atoms with Crippen molar-refractivity contribution in [2.45, 2.75) is 38.1 Å². The number of nitrogens with two attached hydrogens (primary N) is 1. The van der Waals surface area contributed by atoms with Gasteiger partial charge in [0.2, 0.25) is 11.0 Å².